The predicted molar refractivity (Wildman–Crippen MR) is 50.6 cm³/mol. The zero-order chi connectivity index (χ0) is 8.70. The maximum Gasteiger partial charge on any atom is -0.0323 e. The zero-order valence-corrected chi connectivity index (χ0v) is 8.70. The van der Waals surface area contributed by atoms with Gasteiger partial charge in [-0.05, 0) is 36.0 Å². The van der Waals surface area contributed by atoms with Crippen molar-refractivity contribution < 1.29 is 0 Å². The molecule has 0 N–H and O–H groups in total. The number of hydrogen-bond donors (Lipinski definition) is 0. The molecule has 0 unspecified atom stereocenters. The molecule has 0 aliphatic heterocycles. The highest BCUT2D eigenvalue weighted by molar-refractivity contribution is 4.88. The molecule has 0 nitrogen and oxygen atoms in total. The van der Waals surface area contributed by atoms with Gasteiger partial charge in [-0.1, -0.05) is 34.6 Å². The first-order valence-electron chi connectivity index (χ1n) is 4.83. The van der Waals surface area contributed by atoms with Crippen LogP contribution in [0.2, 0.25) is 0 Å². The first-order valence-corrected chi connectivity index (χ1v) is 4.83. The minimum absolute atomic E-state index is 0.571. The largest absolute Gasteiger partial charge is 0.0620 e. The van der Waals surface area contributed by atoms with E-state index in [1.165, 1.54) is 19.3 Å². The van der Waals surface area contributed by atoms with Crippen LogP contribution in [0.1, 0.15) is 53.9 Å². The summed E-state index contributed by atoms with van der Waals surface area (Å²) in [6.45, 7) is 12.0. The van der Waals surface area contributed by atoms with Crippen molar-refractivity contribution in [2.75, 3.05) is 0 Å². The Morgan fingerprint density at radius 2 is 1.64 bits per heavy atom. The van der Waals surface area contributed by atoms with E-state index in [0.717, 1.165) is 5.92 Å². The van der Waals surface area contributed by atoms with Gasteiger partial charge in [0.25, 0.3) is 0 Å². The molecule has 1 rings (SSSR count). The summed E-state index contributed by atoms with van der Waals surface area (Å²) in [5, 5.41) is 0. The van der Waals surface area contributed by atoms with Gasteiger partial charge in [0.15, 0.2) is 0 Å². The van der Waals surface area contributed by atoms with Crippen LogP contribution < -0.4 is 0 Å². The van der Waals surface area contributed by atoms with Crippen LogP contribution in [0.25, 0.3) is 0 Å². The molecule has 1 atom stereocenters. The quantitative estimate of drug-likeness (QED) is 0.497. The molecule has 11 heavy (non-hydrogen) atoms. The van der Waals surface area contributed by atoms with E-state index in [1.807, 2.05) is 0 Å². The van der Waals surface area contributed by atoms with Gasteiger partial charge >= 0.3 is 0 Å². The molecule has 0 aromatic carbocycles. The van der Waals surface area contributed by atoms with Crippen molar-refractivity contribution in [1.29, 1.82) is 0 Å². The van der Waals surface area contributed by atoms with Crippen LogP contribution in [0.5, 0.6) is 0 Å². The molecule has 0 saturated heterocycles. The summed E-state index contributed by atoms with van der Waals surface area (Å²) >= 11 is 0. The second-order valence-corrected chi connectivity index (χ2v) is 5.77. The van der Waals surface area contributed by atoms with Crippen molar-refractivity contribution in [3.8, 4) is 0 Å². The average Bonchev–Trinajstić information content (AvgIpc) is 1.77. The summed E-state index contributed by atoms with van der Waals surface area (Å²) in [5.74, 6) is 0.913. The lowest BCUT2D eigenvalue weighted by atomic mass is 9.61. The Morgan fingerprint density at radius 3 is 2.00 bits per heavy atom. The topological polar surface area (TPSA) is 0 Å². The molecule has 0 aromatic rings. The maximum atomic E-state index is 2.42. The van der Waals surface area contributed by atoms with Gasteiger partial charge in [-0.3, -0.25) is 0 Å². The van der Waals surface area contributed by atoms with E-state index >= 15 is 0 Å². The van der Waals surface area contributed by atoms with E-state index < -0.39 is 0 Å². The number of hydrogen-bond acceptors (Lipinski definition) is 0. The van der Waals surface area contributed by atoms with Gasteiger partial charge in [-0.25, -0.2) is 0 Å². The van der Waals surface area contributed by atoms with Crippen LogP contribution in [-0.2, 0) is 0 Å². The normalized spacial score (nSPS) is 35.2. The van der Waals surface area contributed by atoms with Gasteiger partial charge in [-0.2, -0.15) is 0 Å². The van der Waals surface area contributed by atoms with Gasteiger partial charge in [0.2, 0.25) is 0 Å². The summed E-state index contributed by atoms with van der Waals surface area (Å²) < 4.78 is 0. The molecule has 66 valence electrons. The molecule has 1 fully saturated rings. The van der Waals surface area contributed by atoms with Gasteiger partial charge in [0.05, 0.1) is 0 Å². The van der Waals surface area contributed by atoms with Crippen molar-refractivity contribution in [2.24, 2.45) is 16.7 Å². The highest BCUT2D eigenvalue weighted by Gasteiger charge is 2.37. The first kappa shape index (κ1) is 9.09. The molecule has 0 radical (unpaired) electrons. The molecule has 0 heterocycles. The lowest BCUT2D eigenvalue weighted by Crippen LogP contribution is -2.34. The van der Waals surface area contributed by atoms with Gasteiger partial charge in [0, 0.05) is 0 Å². The summed E-state index contributed by atoms with van der Waals surface area (Å²) in [7, 11) is 0. The third kappa shape index (κ3) is 1.98. The van der Waals surface area contributed by atoms with E-state index in [9.17, 15) is 0 Å². The molecular formula is C11H22. The smallest absolute Gasteiger partial charge is 0.0323 e. The van der Waals surface area contributed by atoms with E-state index in [4.69, 9.17) is 0 Å². The first-order chi connectivity index (χ1) is 4.83. The van der Waals surface area contributed by atoms with Gasteiger partial charge < -0.3 is 0 Å². The van der Waals surface area contributed by atoms with Crippen molar-refractivity contribution >= 4 is 0 Å². The Balaban J connectivity index is 2.67. The Labute approximate surface area is 71.4 Å². The molecule has 0 spiro atoms. The second kappa shape index (κ2) is 2.50. The summed E-state index contributed by atoms with van der Waals surface area (Å²) in [4.78, 5) is 0. The third-order valence-corrected chi connectivity index (χ3v) is 3.52. The Morgan fingerprint density at radius 1 is 1.09 bits per heavy atom. The van der Waals surface area contributed by atoms with E-state index in [2.05, 4.69) is 34.6 Å². The fourth-order valence-electron chi connectivity index (χ4n) is 2.49. The van der Waals surface area contributed by atoms with Crippen molar-refractivity contribution in [3.05, 3.63) is 0 Å². The van der Waals surface area contributed by atoms with E-state index in [1.54, 1.807) is 0 Å². The minimum atomic E-state index is 0.571. The molecular weight excluding hydrogens is 132 g/mol. The fourth-order valence-corrected chi connectivity index (χ4v) is 2.49. The van der Waals surface area contributed by atoms with Crippen LogP contribution in [0.3, 0.4) is 0 Å². The molecule has 1 aliphatic rings. The van der Waals surface area contributed by atoms with E-state index in [-0.39, 0.29) is 0 Å². The van der Waals surface area contributed by atoms with Crippen LogP contribution in [0, 0.1) is 16.7 Å². The monoisotopic (exact) mass is 154 g/mol. The Hall–Kier alpha value is 0. The average molecular weight is 154 g/mol. The summed E-state index contributed by atoms with van der Waals surface area (Å²) in [5.41, 5.74) is 1.16. The molecule has 0 bridgehead atoms. The van der Waals surface area contributed by atoms with Crippen LogP contribution in [0.4, 0.5) is 0 Å². The molecule has 0 heteroatoms. The van der Waals surface area contributed by atoms with Crippen molar-refractivity contribution in [3.63, 3.8) is 0 Å². The Bertz CT molecular complexity index is 142. The van der Waals surface area contributed by atoms with E-state index in [0.29, 0.717) is 10.8 Å². The van der Waals surface area contributed by atoms with Gasteiger partial charge in [0.1, 0.15) is 0 Å². The lowest BCUT2D eigenvalue weighted by Gasteiger charge is -2.45. The highest BCUT2D eigenvalue weighted by atomic mass is 14.4. The number of rotatable bonds is 0. The van der Waals surface area contributed by atoms with Crippen molar-refractivity contribution in [2.45, 2.75) is 53.9 Å². The zero-order valence-electron chi connectivity index (χ0n) is 8.70. The highest BCUT2D eigenvalue weighted by Crippen LogP contribution is 2.48. The third-order valence-electron chi connectivity index (χ3n) is 3.52. The van der Waals surface area contributed by atoms with Crippen molar-refractivity contribution in [1.82, 2.24) is 0 Å². The standard InChI is InChI=1S/C11H22/c1-9-6-7-10(2,3)8-11(9,4)5/h9H,6-8H2,1-5H3/t9-/m1/s1. The van der Waals surface area contributed by atoms with Crippen LogP contribution in [0.15, 0.2) is 0 Å². The van der Waals surface area contributed by atoms with Gasteiger partial charge in [-0.15, -0.1) is 0 Å². The maximum absolute atomic E-state index is 2.42. The fraction of sp³-hybridized carbons (Fsp3) is 1.00. The van der Waals surface area contributed by atoms with Crippen LogP contribution >= 0.6 is 0 Å². The Kier molecular flexibility index (Phi) is 2.07. The van der Waals surface area contributed by atoms with Crippen LogP contribution in [-0.4, -0.2) is 0 Å². The molecule has 0 aromatic heterocycles. The minimum Gasteiger partial charge on any atom is -0.0620 e. The predicted octanol–water partition coefficient (Wildman–Crippen LogP) is 3.86. The second-order valence-electron chi connectivity index (χ2n) is 5.77. The lowest BCUT2D eigenvalue weighted by molar-refractivity contribution is 0.0591. The summed E-state index contributed by atoms with van der Waals surface area (Å²) in [6, 6.07) is 0. The molecule has 1 aliphatic carbocycles. The summed E-state index contributed by atoms with van der Waals surface area (Å²) in [6.07, 6.45) is 4.22. The molecule has 0 amide bonds. The SMILES string of the molecule is C[C@@H]1CCC(C)(C)CC1(C)C. The molecule has 1 saturated carbocycles.